The van der Waals surface area contributed by atoms with Crippen molar-refractivity contribution >= 4 is 5.69 Å². The lowest BCUT2D eigenvalue weighted by molar-refractivity contribution is 0.342. The average molecular weight is 217 g/mol. The zero-order valence-electron chi connectivity index (χ0n) is 8.98. The highest BCUT2D eigenvalue weighted by molar-refractivity contribution is 5.59. The summed E-state index contributed by atoms with van der Waals surface area (Å²) in [6, 6.07) is 7.63. The van der Waals surface area contributed by atoms with Gasteiger partial charge in [-0.05, 0) is 12.1 Å². The molecule has 0 aliphatic carbocycles. The quantitative estimate of drug-likeness (QED) is 0.521. The van der Waals surface area contributed by atoms with Crippen LogP contribution in [-0.4, -0.2) is 30.0 Å². The summed E-state index contributed by atoms with van der Waals surface area (Å²) < 4.78 is 0. The van der Waals surface area contributed by atoms with Crippen LogP contribution in [0.3, 0.4) is 0 Å². The van der Waals surface area contributed by atoms with E-state index in [1.54, 1.807) is 6.08 Å². The fourth-order valence-electron chi connectivity index (χ4n) is 1.21. The van der Waals surface area contributed by atoms with Crippen LogP contribution in [0.5, 0.6) is 0 Å². The minimum atomic E-state index is -0.140. The van der Waals surface area contributed by atoms with Gasteiger partial charge in [-0.3, -0.25) is 0 Å². The average Bonchev–Trinajstić information content (AvgIpc) is 2.33. The van der Waals surface area contributed by atoms with Gasteiger partial charge in [0, 0.05) is 12.1 Å². The second-order valence-corrected chi connectivity index (χ2v) is 3.04. The molecular weight excluding hydrogens is 202 g/mol. The summed E-state index contributed by atoms with van der Waals surface area (Å²) in [7, 11) is 0. The number of rotatable bonds is 4. The minimum Gasteiger partial charge on any atom is -0.392 e. The molecule has 0 aliphatic rings. The summed E-state index contributed by atoms with van der Waals surface area (Å²) in [6.07, 6.45) is 3.52. The van der Waals surface area contributed by atoms with Gasteiger partial charge in [-0.2, -0.15) is 0 Å². The SMILES string of the molecule is OCC#Cc1ccccc1NC/C=C\CO. The van der Waals surface area contributed by atoms with Gasteiger partial charge < -0.3 is 15.5 Å². The Morgan fingerprint density at radius 2 is 2.00 bits per heavy atom. The molecule has 84 valence electrons. The van der Waals surface area contributed by atoms with E-state index < -0.39 is 0 Å². The van der Waals surface area contributed by atoms with Crippen LogP contribution in [0.25, 0.3) is 0 Å². The molecule has 0 aliphatic heterocycles. The lowest BCUT2D eigenvalue weighted by atomic mass is 10.2. The second kappa shape index (κ2) is 7.52. The van der Waals surface area contributed by atoms with Crippen molar-refractivity contribution in [3.05, 3.63) is 42.0 Å². The molecule has 1 aromatic carbocycles. The highest BCUT2D eigenvalue weighted by atomic mass is 16.3. The van der Waals surface area contributed by atoms with Crippen LogP contribution < -0.4 is 5.32 Å². The minimum absolute atomic E-state index is 0.0493. The summed E-state index contributed by atoms with van der Waals surface area (Å²) in [5.41, 5.74) is 1.78. The van der Waals surface area contributed by atoms with E-state index in [1.165, 1.54) is 0 Å². The number of hydrogen-bond acceptors (Lipinski definition) is 3. The lowest BCUT2D eigenvalue weighted by Crippen LogP contribution is -2.00. The van der Waals surface area contributed by atoms with Crippen molar-refractivity contribution in [1.82, 2.24) is 0 Å². The third kappa shape index (κ3) is 4.18. The van der Waals surface area contributed by atoms with Crippen molar-refractivity contribution in [3.8, 4) is 11.8 Å². The fourth-order valence-corrected chi connectivity index (χ4v) is 1.21. The first kappa shape index (κ1) is 12.3. The monoisotopic (exact) mass is 217 g/mol. The van der Waals surface area contributed by atoms with Gasteiger partial charge in [0.2, 0.25) is 0 Å². The van der Waals surface area contributed by atoms with Crippen molar-refractivity contribution in [3.63, 3.8) is 0 Å². The molecule has 1 rings (SSSR count). The zero-order valence-corrected chi connectivity index (χ0v) is 8.98. The van der Waals surface area contributed by atoms with Crippen LogP contribution in [0.15, 0.2) is 36.4 Å². The Morgan fingerprint density at radius 3 is 2.75 bits per heavy atom. The van der Waals surface area contributed by atoms with Gasteiger partial charge in [-0.1, -0.05) is 36.1 Å². The third-order valence-corrected chi connectivity index (χ3v) is 1.91. The summed E-state index contributed by atoms with van der Waals surface area (Å²) in [5.74, 6) is 5.48. The molecule has 0 heterocycles. The number of para-hydroxylation sites is 1. The largest absolute Gasteiger partial charge is 0.392 e. The van der Waals surface area contributed by atoms with Gasteiger partial charge in [0.05, 0.1) is 12.3 Å². The first-order valence-electron chi connectivity index (χ1n) is 5.07. The zero-order chi connectivity index (χ0) is 11.6. The van der Waals surface area contributed by atoms with Crippen LogP contribution in [0.1, 0.15) is 5.56 Å². The standard InChI is InChI=1S/C13H15NO2/c15-10-4-3-9-14-13-8-2-1-6-12(13)7-5-11-16/h1-4,6,8,14-16H,9-11H2/b4-3-. The number of aliphatic hydroxyl groups excluding tert-OH is 2. The molecule has 0 unspecified atom stereocenters. The van der Waals surface area contributed by atoms with Crippen LogP contribution in [0.2, 0.25) is 0 Å². The van der Waals surface area contributed by atoms with Gasteiger partial charge in [-0.15, -0.1) is 0 Å². The van der Waals surface area contributed by atoms with Crippen molar-refractivity contribution in [1.29, 1.82) is 0 Å². The molecule has 0 fully saturated rings. The number of nitrogens with one attached hydrogen (secondary N) is 1. The molecular formula is C13H15NO2. The lowest BCUT2D eigenvalue weighted by Gasteiger charge is -2.05. The van der Waals surface area contributed by atoms with E-state index in [2.05, 4.69) is 17.2 Å². The van der Waals surface area contributed by atoms with Gasteiger partial charge >= 0.3 is 0 Å². The van der Waals surface area contributed by atoms with Gasteiger partial charge in [0.15, 0.2) is 0 Å². The summed E-state index contributed by atoms with van der Waals surface area (Å²) >= 11 is 0. The molecule has 0 amide bonds. The van der Waals surface area contributed by atoms with Crippen molar-refractivity contribution in [2.24, 2.45) is 0 Å². The summed E-state index contributed by atoms with van der Waals surface area (Å²) in [6.45, 7) is 0.546. The number of anilines is 1. The van der Waals surface area contributed by atoms with Crippen LogP contribution in [-0.2, 0) is 0 Å². The summed E-state index contributed by atoms with van der Waals surface area (Å²) in [5, 5.41) is 20.4. The topological polar surface area (TPSA) is 52.5 Å². The molecule has 0 spiro atoms. The normalized spacial score (nSPS) is 9.88. The molecule has 3 N–H and O–H groups in total. The first-order valence-corrected chi connectivity index (χ1v) is 5.07. The van der Waals surface area contributed by atoms with E-state index in [0.29, 0.717) is 6.54 Å². The molecule has 3 heteroatoms. The van der Waals surface area contributed by atoms with E-state index in [1.807, 2.05) is 30.3 Å². The molecule has 0 saturated heterocycles. The molecule has 16 heavy (non-hydrogen) atoms. The van der Waals surface area contributed by atoms with E-state index >= 15 is 0 Å². The van der Waals surface area contributed by atoms with Gasteiger partial charge in [0.25, 0.3) is 0 Å². The number of benzene rings is 1. The molecule has 0 saturated carbocycles. The Morgan fingerprint density at radius 1 is 1.19 bits per heavy atom. The molecule has 3 nitrogen and oxygen atoms in total. The third-order valence-electron chi connectivity index (χ3n) is 1.91. The Hall–Kier alpha value is -1.76. The van der Waals surface area contributed by atoms with E-state index in [0.717, 1.165) is 11.3 Å². The Bertz CT molecular complexity index is 402. The van der Waals surface area contributed by atoms with Crippen LogP contribution >= 0.6 is 0 Å². The van der Waals surface area contributed by atoms with E-state index in [-0.39, 0.29) is 13.2 Å². The van der Waals surface area contributed by atoms with Crippen molar-refractivity contribution in [2.45, 2.75) is 0 Å². The molecule has 0 atom stereocenters. The Kier molecular flexibility index (Phi) is 5.79. The highest BCUT2D eigenvalue weighted by Gasteiger charge is 1.95. The highest BCUT2D eigenvalue weighted by Crippen LogP contribution is 2.12. The number of aliphatic hydroxyl groups is 2. The van der Waals surface area contributed by atoms with Crippen LogP contribution in [0, 0.1) is 11.8 Å². The predicted octanol–water partition coefficient (Wildman–Crippen LogP) is 0.991. The summed E-state index contributed by atoms with van der Waals surface area (Å²) in [4.78, 5) is 0. The van der Waals surface area contributed by atoms with Crippen molar-refractivity contribution in [2.75, 3.05) is 25.1 Å². The van der Waals surface area contributed by atoms with E-state index in [9.17, 15) is 0 Å². The smallest absolute Gasteiger partial charge is 0.104 e. The number of hydrogen-bond donors (Lipinski definition) is 3. The van der Waals surface area contributed by atoms with Gasteiger partial charge in [0.1, 0.15) is 6.61 Å². The molecule has 0 aromatic heterocycles. The van der Waals surface area contributed by atoms with Crippen molar-refractivity contribution < 1.29 is 10.2 Å². The Balaban J connectivity index is 2.67. The van der Waals surface area contributed by atoms with Gasteiger partial charge in [-0.25, -0.2) is 0 Å². The van der Waals surface area contributed by atoms with E-state index in [4.69, 9.17) is 10.2 Å². The molecule has 0 bridgehead atoms. The predicted molar refractivity (Wildman–Crippen MR) is 65.1 cm³/mol. The van der Waals surface area contributed by atoms with Crippen LogP contribution in [0.4, 0.5) is 5.69 Å². The Labute approximate surface area is 95.4 Å². The molecule has 1 aromatic rings. The second-order valence-electron chi connectivity index (χ2n) is 3.04. The maximum absolute atomic E-state index is 8.63. The first-order chi connectivity index (χ1) is 7.88. The maximum atomic E-state index is 8.63. The maximum Gasteiger partial charge on any atom is 0.104 e. The fraction of sp³-hybridized carbons (Fsp3) is 0.231. The molecule has 0 radical (unpaired) electrons.